The first-order valence-electron chi connectivity index (χ1n) is 8.44. The van der Waals surface area contributed by atoms with Gasteiger partial charge in [-0.05, 0) is 62.7 Å². The van der Waals surface area contributed by atoms with Gasteiger partial charge in [-0.2, -0.15) is 0 Å². The van der Waals surface area contributed by atoms with Crippen LogP contribution in [0.15, 0.2) is 36.9 Å². The fourth-order valence-electron chi connectivity index (χ4n) is 3.33. The Morgan fingerprint density at radius 3 is 2.84 bits per heavy atom. The average Bonchev–Trinajstić information content (AvgIpc) is 3.06. The van der Waals surface area contributed by atoms with Gasteiger partial charge in [0.2, 0.25) is 0 Å². The van der Waals surface area contributed by atoms with Crippen LogP contribution in [0.4, 0.5) is 5.82 Å². The Bertz CT molecular complexity index is 838. The number of carbonyl (C=O) groups is 1. The van der Waals surface area contributed by atoms with Crippen molar-refractivity contribution in [1.29, 1.82) is 0 Å². The van der Waals surface area contributed by atoms with Crippen LogP contribution in [-0.2, 0) is 0 Å². The normalized spacial score (nSPS) is 16.2. The molecule has 0 spiro atoms. The van der Waals surface area contributed by atoms with Crippen LogP contribution in [-0.4, -0.2) is 50.9 Å². The number of amides is 1. The van der Waals surface area contributed by atoms with Crippen molar-refractivity contribution in [3.63, 3.8) is 0 Å². The van der Waals surface area contributed by atoms with Gasteiger partial charge in [0.25, 0.3) is 5.91 Å². The zero-order valence-corrected chi connectivity index (χ0v) is 14.1. The largest absolute Gasteiger partial charge is 0.349 e. The quantitative estimate of drug-likeness (QED) is 0.767. The second-order valence-corrected chi connectivity index (χ2v) is 6.47. The predicted octanol–water partition coefficient (Wildman–Crippen LogP) is 2.37. The van der Waals surface area contributed by atoms with Crippen molar-refractivity contribution in [2.24, 2.45) is 0 Å². The van der Waals surface area contributed by atoms with Crippen molar-refractivity contribution in [2.45, 2.75) is 18.8 Å². The molecule has 7 heteroatoms. The number of piperidine rings is 1. The van der Waals surface area contributed by atoms with Crippen LogP contribution in [0.5, 0.6) is 0 Å². The highest BCUT2D eigenvalue weighted by molar-refractivity contribution is 6.02. The Kier molecular flexibility index (Phi) is 4.15. The minimum absolute atomic E-state index is 0.226. The van der Waals surface area contributed by atoms with Crippen LogP contribution in [0, 0.1) is 0 Å². The number of likely N-dealkylation sites (tertiary alicyclic amines) is 1. The first-order valence-corrected chi connectivity index (χ1v) is 8.44. The van der Waals surface area contributed by atoms with Crippen molar-refractivity contribution in [2.75, 3.05) is 25.5 Å². The van der Waals surface area contributed by atoms with Gasteiger partial charge in [0.05, 0.1) is 11.4 Å². The smallest absolute Gasteiger partial charge is 0.273 e. The lowest BCUT2D eigenvalue weighted by Gasteiger charge is -2.29. The molecule has 0 unspecified atom stereocenters. The highest BCUT2D eigenvalue weighted by Crippen LogP contribution is 2.35. The van der Waals surface area contributed by atoms with Gasteiger partial charge < -0.3 is 15.2 Å². The number of nitrogens with one attached hydrogen (secondary N) is 2. The molecule has 7 nitrogen and oxygen atoms in total. The number of fused-ring (bicyclic) bond motifs is 1. The summed E-state index contributed by atoms with van der Waals surface area (Å²) in [7, 11) is 2.15. The maximum atomic E-state index is 12.5. The van der Waals surface area contributed by atoms with E-state index in [9.17, 15) is 4.79 Å². The Hall–Kier alpha value is -2.80. The molecule has 1 fully saturated rings. The minimum atomic E-state index is -0.226. The summed E-state index contributed by atoms with van der Waals surface area (Å²) in [6.45, 7) is 2.18. The lowest BCUT2D eigenvalue weighted by molar-refractivity contribution is 0.102. The van der Waals surface area contributed by atoms with E-state index in [2.05, 4.69) is 37.2 Å². The summed E-state index contributed by atoms with van der Waals surface area (Å²) >= 11 is 0. The van der Waals surface area contributed by atoms with Gasteiger partial charge >= 0.3 is 0 Å². The predicted molar refractivity (Wildman–Crippen MR) is 94.7 cm³/mol. The molecule has 3 aliphatic rings. The van der Waals surface area contributed by atoms with E-state index in [1.54, 1.807) is 18.3 Å². The van der Waals surface area contributed by atoms with Crippen molar-refractivity contribution < 1.29 is 4.79 Å². The number of hydrogen-bond donors (Lipinski definition) is 2. The lowest BCUT2D eigenvalue weighted by Crippen LogP contribution is -2.29. The zero-order valence-electron chi connectivity index (χ0n) is 14.1. The third kappa shape index (κ3) is 3.23. The molecule has 0 bridgehead atoms. The molecule has 0 aromatic carbocycles. The number of rotatable bonds is 3. The van der Waals surface area contributed by atoms with Gasteiger partial charge in [-0.3, -0.25) is 9.78 Å². The van der Waals surface area contributed by atoms with Gasteiger partial charge in [0, 0.05) is 12.4 Å². The number of nitrogens with zero attached hydrogens (tertiary/aromatic N) is 4. The number of H-pyrrole nitrogens is 1. The summed E-state index contributed by atoms with van der Waals surface area (Å²) in [5.41, 5.74) is 3.56. The number of anilines is 1. The van der Waals surface area contributed by atoms with E-state index in [1.165, 1.54) is 11.9 Å². The van der Waals surface area contributed by atoms with E-state index < -0.39 is 0 Å². The topological polar surface area (TPSA) is 86.8 Å². The molecule has 1 aromatic rings. The number of hydrogen-bond acceptors (Lipinski definition) is 5. The van der Waals surface area contributed by atoms with Gasteiger partial charge in [0.1, 0.15) is 17.8 Å². The number of aromatic nitrogens is 4. The number of carbonyl (C=O) groups excluding carboxylic acids is 1. The fraction of sp³-hybridized carbons (Fsp3) is 0.333. The second kappa shape index (κ2) is 6.60. The summed E-state index contributed by atoms with van der Waals surface area (Å²) < 4.78 is 0. The fourth-order valence-corrected chi connectivity index (χ4v) is 3.33. The van der Waals surface area contributed by atoms with Gasteiger partial charge in [-0.1, -0.05) is 0 Å². The van der Waals surface area contributed by atoms with Crippen molar-refractivity contribution in [3.8, 4) is 11.4 Å². The van der Waals surface area contributed by atoms with E-state index in [4.69, 9.17) is 0 Å². The zero-order chi connectivity index (χ0) is 17.2. The van der Waals surface area contributed by atoms with Crippen LogP contribution < -0.4 is 5.32 Å². The van der Waals surface area contributed by atoms with Crippen molar-refractivity contribution in [1.82, 2.24) is 24.8 Å². The van der Waals surface area contributed by atoms with Gasteiger partial charge in [-0.15, -0.1) is 0 Å². The minimum Gasteiger partial charge on any atom is -0.349 e. The standard InChI is InChI=1S/C18H20N6O/c1-24-8-5-12(6-9-24)13-10-20-14-2-3-15(22-17(13)14)18(25)23-16-4-7-19-11-21-16/h2-4,7,10-12,22H,5-6,8-9H2,1H3,(H,19,21,23,25). The monoisotopic (exact) mass is 336 g/mol. The molecule has 0 atom stereocenters. The maximum absolute atomic E-state index is 12.5. The van der Waals surface area contributed by atoms with Crippen LogP contribution in [0.1, 0.15) is 34.8 Å². The first-order chi connectivity index (χ1) is 12.2. The van der Waals surface area contributed by atoms with Crippen LogP contribution in [0.2, 0.25) is 0 Å². The first kappa shape index (κ1) is 15.7. The molecule has 4 rings (SSSR count). The second-order valence-electron chi connectivity index (χ2n) is 6.47. The number of pyridine rings is 1. The van der Waals surface area contributed by atoms with Crippen LogP contribution in [0.25, 0.3) is 11.4 Å². The van der Waals surface area contributed by atoms with E-state index in [1.807, 2.05) is 12.3 Å². The van der Waals surface area contributed by atoms with E-state index in [-0.39, 0.29) is 5.91 Å². The molecular weight excluding hydrogens is 316 g/mol. The summed E-state index contributed by atoms with van der Waals surface area (Å²) in [6, 6.07) is 5.30. The van der Waals surface area contributed by atoms with Gasteiger partial charge in [0.15, 0.2) is 0 Å². The highest BCUT2D eigenvalue weighted by Gasteiger charge is 2.24. The molecule has 1 amide bonds. The Labute approximate surface area is 145 Å². The molecular formula is C18H20N6O. The Morgan fingerprint density at radius 1 is 1.24 bits per heavy atom. The van der Waals surface area contributed by atoms with Gasteiger partial charge in [-0.25, -0.2) is 9.97 Å². The van der Waals surface area contributed by atoms with E-state index in [0.29, 0.717) is 17.4 Å². The lowest BCUT2D eigenvalue weighted by atomic mass is 9.89. The average molecular weight is 336 g/mol. The Morgan fingerprint density at radius 2 is 2.08 bits per heavy atom. The summed E-state index contributed by atoms with van der Waals surface area (Å²) in [5.74, 6) is 0.735. The molecule has 25 heavy (non-hydrogen) atoms. The molecule has 0 aliphatic carbocycles. The number of aromatic amines is 1. The highest BCUT2D eigenvalue weighted by atomic mass is 16.1. The maximum Gasteiger partial charge on any atom is 0.273 e. The molecule has 1 saturated heterocycles. The van der Waals surface area contributed by atoms with E-state index in [0.717, 1.165) is 37.3 Å². The van der Waals surface area contributed by atoms with Crippen molar-refractivity contribution >= 4 is 11.7 Å². The molecule has 128 valence electrons. The third-order valence-corrected chi connectivity index (χ3v) is 4.78. The molecule has 4 heterocycles. The van der Waals surface area contributed by atoms with Crippen molar-refractivity contribution in [3.05, 3.63) is 48.2 Å². The van der Waals surface area contributed by atoms with Crippen LogP contribution >= 0.6 is 0 Å². The third-order valence-electron chi connectivity index (χ3n) is 4.78. The summed E-state index contributed by atoms with van der Waals surface area (Å²) in [6.07, 6.45) is 7.17. The molecule has 3 aliphatic heterocycles. The van der Waals surface area contributed by atoms with E-state index >= 15 is 0 Å². The summed E-state index contributed by atoms with van der Waals surface area (Å²) in [4.78, 5) is 30.5. The molecule has 0 saturated carbocycles. The SMILES string of the molecule is CN1CCC(c2cnc3ccc(C(=O)Nc4ccncn4)[nH]c2-3)CC1. The molecule has 1 aromatic heterocycles. The Balaban J connectivity index is 1.59. The summed E-state index contributed by atoms with van der Waals surface area (Å²) in [5, 5.41) is 2.77. The van der Waals surface area contributed by atoms with Crippen LogP contribution in [0.3, 0.4) is 0 Å². The molecule has 2 N–H and O–H groups in total. The molecule has 0 radical (unpaired) electrons.